The van der Waals surface area contributed by atoms with Crippen LogP contribution in [0.15, 0.2) is 24.3 Å². The van der Waals surface area contributed by atoms with E-state index in [9.17, 15) is 18.5 Å². The molecule has 1 unspecified atom stereocenters. The highest BCUT2D eigenvalue weighted by Crippen LogP contribution is 2.18. The number of rotatable bonds is 5. The number of hydrogen-bond donors (Lipinski definition) is 1. The Morgan fingerprint density at radius 3 is 2.32 bits per heavy atom. The summed E-state index contributed by atoms with van der Waals surface area (Å²) in [5.41, 5.74) is 0.540. The van der Waals surface area contributed by atoms with E-state index in [0.717, 1.165) is 32.6 Å². The summed E-state index contributed by atoms with van der Waals surface area (Å²) in [7, 11) is -3.40. The summed E-state index contributed by atoms with van der Waals surface area (Å²) in [5.74, 6) is -0.115. The molecule has 8 nitrogen and oxygen atoms in total. The summed E-state index contributed by atoms with van der Waals surface area (Å²) in [5, 5.41) is 14.0. The van der Waals surface area contributed by atoms with Crippen molar-refractivity contribution < 1.29 is 13.3 Å². The molecular formula is C15H23ClN4O4S. The summed E-state index contributed by atoms with van der Waals surface area (Å²) < 4.78 is 26.7. The van der Waals surface area contributed by atoms with Gasteiger partial charge >= 0.3 is 0 Å². The normalized spacial score (nSPS) is 22.5. The summed E-state index contributed by atoms with van der Waals surface area (Å²) in [6.45, 7) is 4.54. The van der Waals surface area contributed by atoms with Gasteiger partial charge in [-0.25, -0.2) is 8.42 Å². The zero-order valence-electron chi connectivity index (χ0n) is 13.8. The maximum Gasteiger partial charge on any atom is 0.269 e. The molecule has 2 fully saturated rings. The van der Waals surface area contributed by atoms with Crippen LogP contribution in [0.5, 0.6) is 0 Å². The van der Waals surface area contributed by atoms with Crippen LogP contribution in [0, 0.1) is 10.1 Å². The van der Waals surface area contributed by atoms with Crippen molar-refractivity contribution in [3.63, 3.8) is 0 Å². The first-order chi connectivity index (χ1) is 11.5. The molecular weight excluding hydrogens is 368 g/mol. The maximum atomic E-state index is 12.6. The molecule has 0 aromatic heterocycles. The van der Waals surface area contributed by atoms with Gasteiger partial charge < -0.3 is 5.32 Å². The molecule has 1 aromatic rings. The number of hydrogen-bond acceptors (Lipinski definition) is 6. The molecule has 2 aliphatic heterocycles. The van der Waals surface area contributed by atoms with Crippen LogP contribution in [0.3, 0.4) is 0 Å². The third-order valence-electron chi connectivity index (χ3n) is 4.71. The van der Waals surface area contributed by atoms with Gasteiger partial charge in [0.1, 0.15) is 0 Å². The van der Waals surface area contributed by atoms with E-state index in [0.29, 0.717) is 24.7 Å². The molecule has 1 aromatic carbocycles. The number of nitro benzene ring substituents is 1. The average Bonchev–Trinajstić information content (AvgIpc) is 3.09. The molecule has 10 heteroatoms. The van der Waals surface area contributed by atoms with E-state index in [2.05, 4.69) is 10.2 Å². The average molecular weight is 391 g/mol. The standard InChI is InChI=1S/C15H22N4O4S.ClH/c20-19(21)14-3-1-13(2-4-14)12-24(22,23)18-9-7-17(8-10-18)15-5-6-16-11-15;/h1-4,15-16H,5-12H2;1H. The van der Waals surface area contributed by atoms with Gasteiger partial charge in [-0.15, -0.1) is 12.4 Å². The largest absolute Gasteiger partial charge is 0.315 e. The number of halogens is 1. The van der Waals surface area contributed by atoms with E-state index in [1.807, 2.05) is 0 Å². The topological polar surface area (TPSA) is 95.8 Å². The van der Waals surface area contributed by atoms with Crippen LogP contribution in [0.1, 0.15) is 12.0 Å². The minimum absolute atomic E-state index is 0. The number of piperazine rings is 1. The zero-order chi connectivity index (χ0) is 17.2. The predicted molar refractivity (Wildman–Crippen MR) is 97.4 cm³/mol. The van der Waals surface area contributed by atoms with Gasteiger partial charge in [-0.2, -0.15) is 4.31 Å². The molecule has 2 heterocycles. The Morgan fingerprint density at radius 2 is 1.80 bits per heavy atom. The molecule has 1 atom stereocenters. The van der Waals surface area contributed by atoms with Gasteiger partial charge in [-0.1, -0.05) is 12.1 Å². The lowest BCUT2D eigenvalue weighted by molar-refractivity contribution is -0.384. The second kappa shape index (κ2) is 8.41. The van der Waals surface area contributed by atoms with Crippen molar-refractivity contribution in [2.45, 2.75) is 18.2 Å². The third-order valence-corrected chi connectivity index (χ3v) is 6.56. The second-order valence-electron chi connectivity index (χ2n) is 6.26. The molecule has 0 aliphatic carbocycles. The maximum absolute atomic E-state index is 12.6. The highest BCUT2D eigenvalue weighted by molar-refractivity contribution is 7.88. The first-order valence-corrected chi connectivity index (χ1v) is 9.72. The monoisotopic (exact) mass is 390 g/mol. The van der Waals surface area contributed by atoms with Crippen molar-refractivity contribution in [3.05, 3.63) is 39.9 Å². The lowest BCUT2D eigenvalue weighted by atomic mass is 10.2. The molecule has 2 saturated heterocycles. The van der Waals surface area contributed by atoms with Gasteiger partial charge in [0.15, 0.2) is 0 Å². The lowest BCUT2D eigenvalue weighted by Gasteiger charge is -2.37. The predicted octanol–water partition coefficient (Wildman–Crippen LogP) is 0.826. The molecule has 25 heavy (non-hydrogen) atoms. The minimum atomic E-state index is -3.40. The van der Waals surface area contributed by atoms with Crippen LogP contribution in [0.4, 0.5) is 5.69 Å². The van der Waals surface area contributed by atoms with E-state index >= 15 is 0 Å². The highest BCUT2D eigenvalue weighted by atomic mass is 35.5. The van der Waals surface area contributed by atoms with Gasteiger partial charge in [-0.05, 0) is 18.5 Å². The van der Waals surface area contributed by atoms with E-state index in [-0.39, 0.29) is 23.8 Å². The van der Waals surface area contributed by atoms with Gasteiger partial charge in [0, 0.05) is 50.9 Å². The van der Waals surface area contributed by atoms with Crippen LogP contribution in [0.2, 0.25) is 0 Å². The van der Waals surface area contributed by atoms with Crippen molar-refractivity contribution in [1.29, 1.82) is 0 Å². The molecule has 0 saturated carbocycles. The van der Waals surface area contributed by atoms with E-state index < -0.39 is 14.9 Å². The van der Waals surface area contributed by atoms with Crippen LogP contribution in [-0.4, -0.2) is 67.9 Å². The van der Waals surface area contributed by atoms with E-state index in [1.54, 1.807) is 0 Å². The number of nitrogens with zero attached hydrogens (tertiary/aromatic N) is 3. The fraction of sp³-hybridized carbons (Fsp3) is 0.600. The zero-order valence-corrected chi connectivity index (χ0v) is 15.5. The first kappa shape index (κ1) is 20.1. The van der Waals surface area contributed by atoms with Crippen LogP contribution in [0.25, 0.3) is 0 Å². The molecule has 0 radical (unpaired) electrons. The van der Waals surface area contributed by atoms with Crippen molar-refractivity contribution >= 4 is 28.1 Å². The Labute approximate surface area is 153 Å². The minimum Gasteiger partial charge on any atom is -0.315 e. The Hall–Kier alpha value is -1.26. The number of nitrogens with one attached hydrogen (secondary N) is 1. The lowest BCUT2D eigenvalue weighted by Crippen LogP contribution is -2.52. The highest BCUT2D eigenvalue weighted by Gasteiger charge is 2.31. The summed E-state index contributed by atoms with van der Waals surface area (Å²) >= 11 is 0. The summed E-state index contributed by atoms with van der Waals surface area (Å²) in [6.07, 6.45) is 1.12. The van der Waals surface area contributed by atoms with Gasteiger partial charge in [0.25, 0.3) is 5.69 Å². The first-order valence-electron chi connectivity index (χ1n) is 8.11. The SMILES string of the molecule is Cl.O=[N+]([O-])c1ccc(CS(=O)(=O)N2CCN(C3CCNC3)CC2)cc1. The fourth-order valence-corrected chi connectivity index (χ4v) is 4.83. The van der Waals surface area contributed by atoms with Gasteiger partial charge in [0.2, 0.25) is 10.0 Å². The fourth-order valence-electron chi connectivity index (χ4n) is 3.31. The molecule has 2 aliphatic rings. The Bertz CT molecular complexity index is 684. The van der Waals surface area contributed by atoms with Gasteiger partial charge in [0.05, 0.1) is 10.7 Å². The van der Waals surface area contributed by atoms with Gasteiger partial charge in [-0.3, -0.25) is 15.0 Å². The number of sulfonamides is 1. The molecule has 0 amide bonds. The number of non-ortho nitro benzene ring substituents is 1. The van der Waals surface area contributed by atoms with E-state index in [4.69, 9.17) is 0 Å². The molecule has 1 N–H and O–H groups in total. The Balaban J connectivity index is 0.00000225. The quantitative estimate of drug-likeness (QED) is 0.591. The van der Waals surface area contributed by atoms with Crippen molar-refractivity contribution in [1.82, 2.24) is 14.5 Å². The Kier molecular flexibility index (Phi) is 6.75. The van der Waals surface area contributed by atoms with Crippen molar-refractivity contribution in [3.8, 4) is 0 Å². The second-order valence-corrected chi connectivity index (χ2v) is 8.23. The Morgan fingerprint density at radius 1 is 1.16 bits per heavy atom. The van der Waals surface area contributed by atoms with E-state index in [1.165, 1.54) is 28.6 Å². The molecule has 0 spiro atoms. The molecule has 3 rings (SSSR count). The van der Waals surface area contributed by atoms with Crippen molar-refractivity contribution in [2.24, 2.45) is 0 Å². The number of benzene rings is 1. The smallest absolute Gasteiger partial charge is 0.269 e. The summed E-state index contributed by atoms with van der Waals surface area (Å²) in [4.78, 5) is 12.5. The van der Waals surface area contributed by atoms with Crippen LogP contribution < -0.4 is 5.32 Å². The van der Waals surface area contributed by atoms with Crippen molar-refractivity contribution in [2.75, 3.05) is 39.3 Å². The van der Waals surface area contributed by atoms with Crippen LogP contribution >= 0.6 is 12.4 Å². The molecule has 140 valence electrons. The summed E-state index contributed by atoms with van der Waals surface area (Å²) in [6, 6.07) is 6.22. The molecule has 0 bridgehead atoms. The number of nitro groups is 1. The van der Waals surface area contributed by atoms with Crippen LogP contribution in [-0.2, 0) is 15.8 Å². The third kappa shape index (κ3) is 4.89.